The first-order valence-corrected chi connectivity index (χ1v) is 5.17. The molecule has 0 heteroatoms. The third-order valence-electron chi connectivity index (χ3n) is 2.09. The summed E-state index contributed by atoms with van der Waals surface area (Å²) in [6.07, 6.45) is 12.0. The molecular weight excluding hydrogens is 156 g/mol. The van der Waals surface area contributed by atoms with Crippen molar-refractivity contribution in [1.29, 1.82) is 0 Å². The maximum atomic E-state index is 3.76. The summed E-state index contributed by atoms with van der Waals surface area (Å²) in [7, 11) is 0. The van der Waals surface area contributed by atoms with Gasteiger partial charge in [0.05, 0.1) is 0 Å². The Morgan fingerprint density at radius 2 is 2.15 bits per heavy atom. The number of allylic oxidation sites excluding steroid dienone is 5. The van der Waals surface area contributed by atoms with Crippen molar-refractivity contribution in [2.45, 2.75) is 40.0 Å². The molecule has 0 radical (unpaired) electrons. The van der Waals surface area contributed by atoms with Crippen LogP contribution >= 0.6 is 0 Å². The predicted molar refractivity (Wildman–Crippen MR) is 61.8 cm³/mol. The molecule has 0 aliphatic carbocycles. The van der Waals surface area contributed by atoms with Crippen LogP contribution in [0, 0.1) is 5.92 Å². The summed E-state index contributed by atoms with van der Waals surface area (Å²) < 4.78 is 0. The number of hydrogen-bond acceptors (Lipinski definition) is 0. The van der Waals surface area contributed by atoms with E-state index in [-0.39, 0.29) is 0 Å². The lowest BCUT2D eigenvalue weighted by Crippen LogP contribution is -1.93. The van der Waals surface area contributed by atoms with Crippen LogP contribution in [0.2, 0.25) is 0 Å². The van der Waals surface area contributed by atoms with Gasteiger partial charge in [0, 0.05) is 0 Å². The molecule has 0 aromatic carbocycles. The first-order chi connectivity index (χ1) is 6.24. The predicted octanol–water partition coefficient (Wildman–Crippen LogP) is 4.50. The van der Waals surface area contributed by atoms with Crippen LogP contribution in [0.1, 0.15) is 40.0 Å². The SMILES string of the molecule is C=CCC(C)CC(/C=C\CC)=C\C. The van der Waals surface area contributed by atoms with Crippen LogP contribution < -0.4 is 0 Å². The first kappa shape index (κ1) is 12.2. The minimum atomic E-state index is 0.713. The molecule has 0 amide bonds. The van der Waals surface area contributed by atoms with E-state index in [0.29, 0.717) is 5.92 Å². The van der Waals surface area contributed by atoms with E-state index in [0.717, 1.165) is 12.8 Å². The molecule has 0 heterocycles. The Balaban J connectivity index is 3.98. The lowest BCUT2D eigenvalue weighted by atomic mass is 9.97. The molecule has 0 nitrogen and oxygen atoms in total. The number of hydrogen-bond donors (Lipinski definition) is 0. The van der Waals surface area contributed by atoms with Crippen LogP contribution in [0.5, 0.6) is 0 Å². The molecular formula is C13H22. The lowest BCUT2D eigenvalue weighted by molar-refractivity contribution is 0.592. The summed E-state index contributed by atoms with van der Waals surface area (Å²) in [5, 5.41) is 0. The second-order valence-corrected chi connectivity index (χ2v) is 3.51. The quantitative estimate of drug-likeness (QED) is 0.415. The third kappa shape index (κ3) is 6.39. The van der Waals surface area contributed by atoms with Crippen molar-refractivity contribution in [2.75, 3.05) is 0 Å². The second-order valence-electron chi connectivity index (χ2n) is 3.51. The van der Waals surface area contributed by atoms with Gasteiger partial charge < -0.3 is 0 Å². The van der Waals surface area contributed by atoms with E-state index < -0.39 is 0 Å². The van der Waals surface area contributed by atoms with Crippen molar-refractivity contribution in [3.63, 3.8) is 0 Å². The normalized spacial score (nSPS) is 14.8. The lowest BCUT2D eigenvalue weighted by Gasteiger charge is -2.08. The fraction of sp³-hybridized carbons (Fsp3) is 0.538. The Kier molecular flexibility index (Phi) is 7.38. The molecule has 0 saturated heterocycles. The first-order valence-electron chi connectivity index (χ1n) is 5.17. The van der Waals surface area contributed by atoms with Gasteiger partial charge >= 0.3 is 0 Å². The van der Waals surface area contributed by atoms with Gasteiger partial charge in [-0.15, -0.1) is 6.58 Å². The molecule has 0 aromatic heterocycles. The van der Waals surface area contributed by atoms with E-state index in [1.54, 1.807) is 0 Å². The minimum Gasteiger partial charge on any atom is -0.103 e. The molecule has 0 rings (SSSR count). The third-order valence-corrected chi connectivity index (χ3v) is 2.09. The van der Waals surface area contributed by atoms with E-state index in [4.69, 9.17) is 0 Å². The van der Waals surface area contributed by atoms with E-state index in [2.05, 4.69) is 45.6 Å². The van der Waals surface area contributed by atoms with Crippen molar-refractivity contribution >= 4 is 0 Å². The zero-order valence-corrected chi connectivity index (χ0v) is 9.22. The zero-order valence-electron chi connectivity index (χ0n) is 9.22. The van der Waals surface area contributed by atoms with Crippen LogP contribution in [-0.4, -0.2) is 0 Å². The maximum absolute atomic E-state index is 3.76. The molecule has 0 N–H and O–H groups in total. The second kappa shape index (κ2) is 7.85. The Labute approximate surface area is 83.0 Å². The van der Waals surface area contributed by atoms with Gasteiger partial charge in [-0.05, 0) is 32.1 Å². The largest absolute Gasteiger partial charge is 0.103 e. The maximum Gasteiger partial charge on any atom is -0.0253 e. The van der Waals surface area contributed by atoms with Crippen LogP contribution in [0.25, 0.3) is 0 Å². The average molecular weight is 178 g/mol. The van der Waals surface area contributed by atoms with Crippen LogP contribution in [0.15, 0.2) is 36.5 Å². The highest BCUT2D eigenvalue weighted by molar-refractivity contribution is 5.18. The van der Waals surface area contributed by atoms with Crippen LogP contribution in [-0.2, 0) is 0 Å². The standard InChI is InChI=1S/C13H22/c1-5-8-10-13(7-3)11-12(4)9-6-2/h6-8,10,12H,2,5,9,11H2,1,3-4H3/b10-8-,13-7-. The fourth-order valence-corrected chi connectivity index (χ4v) is 1.32. The molecule has 1 atom stereocenters. The summed E-state index contributed by atoms with van der Waals surface area (Å²) in [6, 6.07) is 0. The van der Waals surface area contributed by atoms with Crippen molar-refractivity contribution in [3.05, 3.63) is 36.5 Å². The highest BCUT2D eigenvalue weighted by Gasteiger charge is 2.00. The van der Waals surface area contributed by atoms with Gasteiger partial charge in [-0.25, -0.2) is 0 Å². The fourth-order valence-electron chi connectivity index (χ4n) is 1.32. The summed E-state index contributed by atoms with van der Waals surface area (Å²) in [5.74, 6) is 0.713. The van der Waals surface area contributed by atoms with Gasteiger partial charge in [0.2, 0.25) is 0 Å². The van der Waals surface area contributed by atoms with E-state index in [9.17, 15) is 0 Å². The molecule has 0 saturated carbocycles. The van der Waals surface area contributed by atoms with Crippen molar-refractivity contribution in [1.82, 2.24) is 0 Å². The Morgan fingerprint density at radius 3 is 2.62 bits per heavy atom. The Bertz CT molecular complexity index is 184. The topological polar surface area (TPSA) is 0 Å². The number of rotatable bonds is 6. The summed E-state index contributed by atoms with van der Waals surface area (Å²) in [5.41, 5.74) is 1.44. The molecule has 74 valence electrons. The summed E-state index contributed by atoms with van der Waals surface area (Å²) >= 11 is 0. The molecule has 0 fully saturated rings. The zero-order chi connectivity index (χ0) is 10.1. The Hall–Kier alpha value is -0.780. The molecule has 0 spiro atoms. The minimum absolute atomic E-state index is 0.713. The molecule has 1 unspecified atom stereocenters. The van der Waals surface area contributed by atoms with Gasteiger partial charge in [0.25, 0.3) is 0 Å². The van der Waals surface area contributed by atoms with Gasteiger partial charge in [-0.1, -0.05) is 43.7 Å². The monoisotopic (exact) mass is 178 g/mol. The van der Waals surface area contributed by atoms with E-state index in [1.165, 1.54) is 12.0 Å². The average Bonchev–Trinajstić information content (AvgIpc) is 2.12. The van der Waals surface area contributed by atoms with Gasteiger partial charge in [0.15, 0.2) is 0 Å². The summed E-state index contributed by atoms with van der Waals surface area (Å²) in [6.45, 7) is 10.3. The van der Waals surface area contributed by atoms with Gasteiger partial charge in [0.1, 0.15) is 0 Å². The summed E-state index contributed by atoms with van der Waals surface area (Å²) in [4.78, 5) is 0. The molecule has 13 heavy (non-hydrogen) atoms. The molecule has 0 aliphatic heterocycles. The van der Waals surface area contributed by atoms with Gasteiger partial charge in [-0.3, -0.25) is 0 Å². The van der Waals surface area contributed by atoms with Gasteiger partial charge in [-0.2, -0.15) is 0 Å². The Morgan fingerprint density at radius 1 is 1.46 bits per heavy atom. The molecule has 0 aromatic rings. The van der Waals surface area contributed by atoms with Crippen LogP contribution in [0.3, 0.4) is 0 Å². The smallest absolute Gasteiger partial charge is 0.0253 e. The van der Waals surface area contributed by atoms with Crippen molar-refractivity contribution < 1.29 is 0 Å². The van der Waals surface area contributed by atoms with Crippen molar-refractivity contribution in [2.24, 2.45) is 5.92 Å². The van der Waals surface area contributed by atoms with Crippen LogP contribution in [0.4, 0.5) is 0 Å². The van der Waals surface area contributed by atoms with E-state index >= 15 is 0 Å². The van der Waals surface area contributed by atoms with E-state index in [1.807, 2.05) is 6.08 Å². The highest BCUT2D eigenvalue weighted by atomic mass is 14.1. The highest BCUT2D eigenvalue weighted by Crippen LogP contribution is 2.16. The molecule has 0 bridgehead atoms. The van der Waals surface area contributed by atoms with Crippen molar-refractivity contribution in [3.8, 4) is 0 Å². The molecule has 0 aliphatic rings.